The van der Waals surface area contributed by atoms with E-state index in [9.17, 15) is 4.79 Å². The molecule has 0 rings (SSSR count). The molecule has 0 aliphatic rings. The van der Waals surface area contributed by atoms with E-state index in [0.29, 0.717) is 13.0 Å². The molecule has 4 nitrogen and oxygen atoms in total. The van der Waals surface area contributed by atoms with Crippen LogP contribution in [0.3, 0.4) is 0 Å². The zero-order chi connectivity index (χ0) is 38.9. The van der Waals surface area contributed by atoms with Crippen molar-refractivity contribution in [2.75, 3.05) is 6.54 Å². The molecule has 320 valence electrons. The smallest absolute Gasteiger partial charge is 0.305 e. The van der Waals surface area contributed by atoms with Gasteiger partial charge in [-0.15, -0.1) is 0 Å². The Morgan fingerprint density at radius 1 is 0.259 bits per heavy atom. The van der Waals surface area contributed by atoms with Gasteiger partial charge in [0.2, 0.25) is 5.39 Å². The third-order valence-corrected chi connectivity index (χ3v) is 12.1. The van der Waals surface area contributed by atoms with Crippen molar-refractivity contribution in [3.05, 3.63) is 4.98 Å². The fraction of sp³-hybridized carbons (Fsp3) is 0.980. The lowest BCUT2D eigenvalue weighted by atomic mass is 10.0. The van der Waals surface area contributed by atoms with Gasteiger partial charge >= 0.3 is 12.5 Å². The third-order valence-electron chi connectivity index (χ3n) is 12.1. The van der Waals surface area contributed by atoms with Crippen LogP contribution in [-0.4, -0.2) is 17.6 Å². The van der Waals surface area contributed by atoms with Gasteiger partial charge in [-0.05, 0) is 12.8 Å². The Kier molecular flexibility index (Phi) is 48.9. The van der Waals surface area contributed by atoms with Crippen LogP contribution in [0.25, 0.3) is 4.98 Å². The molecular weight excluding hydrogens is 661 g/mol. The zero-order valence-electron chi connectivity index (χ0n) is 36.9. The minimum atomic E-state index is -0.648. The summed E-state index contributed by atoms with van der Waals surface area (Å²) in [5, 5.41) is 17.1. The molecule has 0 aromatic heterocycles. The Labute approximate surface area is 340 Å². The number of carboxylic acids is 1. The number of aliphatic carboxylic acids is 1. The number of carboxylic acid groups (broad SMARTS) is 1. The summed E-state index contributed by atoms with van der Waals surface area (Å²) < 4.78 is 0. The molecule has 0 aliphatic carbocycles. The fourth-order valence-electron chi connectivity index (χ4n) is 8.41. The van der Waals surface area contributed by atoms with Crippen LogP contribution in [0.2, 0.25) is 0 Å². The summed E-state index contributed by atoms with van der Waals surface area (Å²) in [6.07, 6.45) is 66.4. The Bertz CT molecular complexity index is 735. The van der Waals surface area contributed by atoms with Gasteiger partial charge in [0.15, 0.2) is 0 Å². The van der Waals surface area contributed by atoms with Gasteiger partial charge in [0.1, 0.15) is 4.98 Å². The molecular formula is C50H99N2O2+. The highest BCUT2D eigenvalue weighted by atomic mass is 16.4. The van der Waals surface area contributed by atoms with E-state index in [1.54, 1.807) is 0 Å². The van der Waals surface area contributed by atoms with Crippen LogP contribution < -0.4 is 0 Å². The van der Waals surface area contributed by atoms with E-state index in [1.165, 1.54) is 283 Å². The maximum atomic E-state index is 10.5. The lowest BCUT2D eigenvalue weighted by Crippen LogP contribution is -1.93. The van der Waals surface area contributed by atoms with Crippen molar-refractivity contribution in [2.24, 2.45) is 0 Å². The van der Waals surface area contributed by atoms with Gasteiger partial charge in [-0.3, -0.25) is 4.79 Å². The van der Waals surface area contributed by atoms with Crippen LogP contribution in [-0.2, 0) is 4.79 Å². The molecule has 0 fully saturated rings. The first-order chi connectivity index (χ1) is 26.8. The van der Waals surface area contributed by atoms with E-state index in [-0.39, 0.29) is 0 Å². The number of rotatable bonds is 49. The lowest BCUT2D eigenvalue weighted by molar-refractivity contribution is -0.137. The molecule has 0 spiro atoms. The molecule has 1 N–H and O–H groups in total. The Morgan fingerprint density at radius 3 is 0.519 bits per heavy atom. The summed E-state index contributed by atoms with van der Waals surface area (Å²) in [6, 6.07) is 0. The second kappa shape index (κ2) is 49.9. The SMILES string of the molecule is N#[N+]CCCCCCCCCCCCCCCCCCCCCCCCCCCCCCCCCCCCCCCCCCCCCCCCCC(=O)O. The van der Waals surface area contributed by atoms with E-state index >= 15 is 0 Å². The Hall–Kier alpha value is -1.11. The molecule has 54 heavy (non-hydrogen) atoms. The van der Waals surface area contributed by atoms with Crippen LogP contribution in [0.1, 0.15) is 308 Å². The van der Waals surface area contributed by atoms with Crippen LogP contribution in [0.15, 0.2) is 0 Å². The summed E-state index contributed by atoms with van der Waals surface area (Å²) in [5.74, 6) is -0.648. The Balaban J connectivity index is 3.06. The van der Waals surface area contributed by atoms with Crippen LogP contribution in [0.5, 0.6) is 0 Å². The summed E-state index contributed by atoms with van der Waals surface area (Å²) >= 11 is 0. The molecule has 0 bridgehead atoms. The van der Waals surface area contributed by atoms with Gasteiger partial charge in [-0.1, -0.05) is 283 Å². The topological polar surface area (TPSA) is 65.5 Å². The normalized spacial score (nSPS) is 11.4. The van der Waals surface area contributed by atoms with Gasteiger partial charge in [0.25, 0.3) is 0 Å². The molecule has 0 saturated carbocycles. The van der Waals surface area contributed by atoms with Crippen molar-refractivity contribution in [3.8, 4) is 0 Å². The minimum absolute atomic E-state index is 0.345. The summed E-state index contributed by atoms with van der Waals surface area (Å²) in [4.78, 5) is 13.7. The van der Waals surface area contributed by atoms with E-state index < -0.39 is 5.97 Å². The van der Waals surface area contributed by atoms with Crippen LogP contribution in [0.4, 0.5) is 0 Å². The van der Waals surface area contributed by atoms with Crippen molar-refractivity contribution in [1.82, 2.24) is 0 Å². The highest BCUT2D eigenvalue weighted by molar-refractivity contribution is 5.66. The molecule has 0 atom stereocenters. The first-order valence-electron chi connectivity index (χ1n) is 25.3. The molecule has 0 heterocycles. The molecule has 0 saturated heterocycles. The van der Waals surface area contributed by atoms with Gasteiger partial charge < -0.3 is 5.11 Å². The predicted octanol–water partition coefficient (Wildman–Crippen LogP) is 18.6. The van der Waals surface area contributed by atoms with Crippen molar-refractivity contribution in [3.63, 3.8) is 0 Å². The number of diazo groups is 1. The first kappa shape index (κ1) is 52.9. The Morgan fingerprint density at radius 2 is 0.389 bits per heavy atom. The molecule has 0 aromatic rings. The lowest BCUT2D eigenvalue weighted by Gasteiger charge is -2.05. The third kappa shape index (κ3) is 50.9. The van der Waals surface area contributed by atoms with Crippen LogP contribution >= 0.6 is 0 Å². The molecule has 0 amide bonds. The van der Waals surface area contributed by atoms with Gasteiger partial charge in [0.05, 0.1) is 0 Å². The fourth-order valence-corrected chi connectivity index (χ4v) is 8.41. The van der Waals surface area contributed by atoms with Crippen LogP contribution in [0, 0.1) is 5.39 Å². The summed E-state index contributed by atoms with van der Waals surface area (Å²) in [5.41, 5.74) is 0. The average Bonchev–Trinajstić information content (AvgIpc) is 3.17. The highest BCUT2D eigenvalue weighted by Crippen LogP contribution is 2.18. The summed E-state index contributed by atoms with van der Waals surface area (Å²) in [6.45, 7) is 0.621. The van der Waals surface area contributed by atoms with Crippen molar-refractivity contribution in [1.29, 1.82) is 5.39 Å². The number of hydrogen-bond acceptors (Lipinski definition) is 2. The van der Waals surface area contributed by atoms with Gasteiger partial charge in [0, 0.05) is 12.8 Å². The number of unbranched alkanes of at least 4 members (excludes halogenated alkanes) is 46. The van der Waals surface area contributed by atoms with E-state index in [0.717, 1.165) is 19.3 Å². The maximum Gasteiger partial charge on any atom is 0.305 e. The van der Waals surface area contributed by atoms with Gasteiger partial charge in [-0.25, -0.2) is 0 Å². The van der Waals surface area contributed by atoms with Crippen molar-refractivity contribution in [2.45, 2.75) is 308 Å². The predicted molar refractivity (Wildman–Crippen MR) is 239 cm³/mol. The first-order valence-corrected chi connectivity index (χ1v) is 25.3. The largest absolute Gasteiger partial charge is 0.481 e. The zero-order valence-corrected chi connectivity index (χ0v) is 36.9. The highest BCUT2D eigenvalue weighted by Gasteiger charge is 2.00. The monoisotopic (exact) mass is 760 g/mol. The number of nitrogens with zero attached hydrogens (tertiary/aromatic N) is 2. The second-order valence-electron chi connectivity index (χ2n) is 17.6. The molecule has 0 radical (unpaired) electrons. The van der Waals surface area contributed by atoms with E-state index in [2.05, 4.69) is 4.98 Å². The quantitative estimate of drug-likeness (QED) is 0.0496. The average molecular weight is 760 g/mol. The standard InChI is InChI=1S/C50H98N2O2/c51-52-49-47-45-43-41-39-37-35-33-31-29-27-25-23-21-19-17-15-13-11-9-7-5-3-1-2-4-6-8-10-12-14-16-18-20-22-24-26-28-30-32-34-36-38-40-42-44-46-48-50(53)54/h1-49H2/p+1. The maximum absolute atomic E-state index is 10.5. The molecule has 0 unspecified atom stereocenters. The molecule has 0 aliphatic heterocycles. The number of hydrogen-bond donors (Lipinski definition) is 1. The van der Waals surface area contributed by atoms with Crippen molar-refractivity contribution < 1.29 is 9.90 Å². The van der Waals surface area contributed by atoms with E-state index in [4.69, 9.17) is 10.5 Å². The molecule has 4 heteroatoms. The molecule has 0 aromatic carbocycles. The minimum Gasteiger partial charge on any atom is -0.481 e. The van der Waals surface area contributed by atoms with Crippen molar-refractivity contribution >= 4 is 5.97 Å². The van der Waals surface area contributed by atoms with E-state index in [1.807, 2.05) is 0 Å². The number of carbonyl (C=O) groups is 1. The summed E-state index contributed by atoms with van der Waals surface area (Å²) in [7, 11) is 0. The van der Waals surface area contributed by atoms with Gasteiger partial charge in [-0.2, -0.15) is 0 Å². The second-order valence-corrected chi connectivity index (χ2v) is 17.6.